The van der Waals surface area contributed by atoms with Gasteiger partial charge in [0.1, 0.15) is 5.75 Å². The van der Waals surface area contributed by atoms with E-state index in [0.29, 0.717) is 11.4 Å². The minimum absolute atomic E-state index is 0.366. The standard InChI is InChI=1S/C15H16N2O2/c1-3-11-4-6-13(8-10(11)2)19-14-7-5-12(9-17-14)15(16)18/h4-9H,3H2,1-2H3,(H2,16,18). The van der Waals surface area contributed by atoms with Gasteiger partial charge < -0.3 is 10.5 Å². The number of rotatable bonds is 4. The Bertz CT molecular complexity index is 592. The number of nitrogens with zero attached hydrogens (tertiary/aromatic N) is 1. The van der Waals surface area contributed by atoms with Crippen LogP contribution in [0.15, 0.2) is 36.5 Å². The maximum absolute atomic E-state index is 10.9. The normalized spacial score (nSPS) is 10.2. The van der Waals surface area contributed by atoms with E-state index in [2.05, 4.69) is 18.8 Å². The summed E-state index contributed by atoms with van der Waals surface area (Å²) in [7, 11) is 0. The number of hydrogen-bond donors (Lipinski definition) is 1. The third-order valence-electron chi connectivity index (χ3n) is 2.94. The van der Waals surface area contributed by atoms with Crippen LogP contribution < -0.4 is 10.5 Å². The lowest BCUT2D eigenvalue weighted by Crippen LogP contribution is -2.10. The molecule has 0 bridgehead atoms. The Hall–Kier alpha value is -2.36. The zero-order chi connectivity index (χ0) is 13.8. The highest BCUT2D eigenvalue weighted by Gasteiger charge is 2.04. The molecule has 98 valence electrons. The van der Waals surface area contributed by atoms with E-state index < -0.39 is 5.91 Å². The van der Waals surface area contributed by atoms with Gasteiger partial charge in [-0.2, -0.15) is 0 Å². The van der Waals surface area contributed by atoms with Gasteiger partial charge in [-0.05, 0) is 42.7 Å². The zero-order valence-electron chi connectivity index (χ0n) is 11.0. The molecule has 0 unspecified atom stereocenters. The molecule has 0 fully saturated rings. The van der Waals surface area contributed by atoms with Crippen LogP contribution in [-0.4, -0.2) is 10.9 Å². The fraction of sp³-hybridized carbons (Fsp3) is 0.200. The molecule has 2 aromatic rings. The molecule has 0 aliphatic carbocycles. The van der Waals surface area contributed by atoms with Crippen molar-refractivity contribution in [3.05, 3.63) is 53.2 Å². The largest absolute Gasteiger partial charge is 0.439 e. The van der Waals surface area contributed by atoms with Crippen LogP contribution in [0.5, 0.6) is 11.6 Å². The molecule has 1 aromatic heterocycles. The lowest BCUT2D eigenvalue weighted by molar-refractivity contribution is 0.1000. The molecular formula is C15H16N2O2. The number of aryl methyl sites for hydroxylation is 2. The predicted molar refractivity (Wildman–Crippen MR) is 73.4 cm³/mol. The molecule has 19 heavy (non-hydrogen) atoms. The summed E-state index contributed by atoms with van der Waals surface area (Å²) in [5.41, 5.74) is 8.00. The second kappa shape index (κ2) is 5.52. The third kappa shape index (κ3) is 3.10. The Labute approximate surface area is 112 Å². The highest BCUT2D eigenvalue weighted by atomic mass is 16.5. The molecule has 1 amide bonds. The molecule has 1 aromatic carbocycles. The van der Waals surface area contributed by atoms with E-state index in [4.69, 9.17) is 10.5 Å². The Morgan fingerprint density at radius 3 is 2.63 bits per heavy atom. The van der Waals surface area contributed by atoms with Crippen LogP contribution >= 0.6 is 0 Å². The molecule has 0 radical (unpaired) electrons. The Morgan fingerprint density at radius 2 is 2.11 bits per heavy atom. The van der Waals surface area contributed by atoms with Gasteiger partial charge in [-0.3, -0.25) is 4.79 Å². The Kier molecular flexibility index (Phi) is 3.80. The molecule has 0 aliphatic rings. The SMILES string of the molecule is CCc1ccc(Oc2ccc(C(N)=O)cn2)cc1C. The lowest BCUT2D eigenvalue weighted by Gasteiger charge is -2.08. The quantitative estimate of drug-likeness (QED) is 0.914. The number of ether oxygens (including phenoxy) is 1. The van der Waals surface area contributed by atoms with Crippen molar-refractivity contribution < 1.29 is 9.53 Å². The minimum Gasteiger partial charge on any atom is -0.439 e. The summed E-state index contributed by atoms with van der Waals surface area (Å²) < 4.78 is 5.63. The zero-order valence-corrected chi connectivity index (χ0v) is 11.0. The molecule has 0 aliphatic heterocycles. The van der Waals surface area contributed by atoms with Crippen LogP contribution in [0.2, 0.25) is 0 Å². The molecule has 2 rings (SSSR count). The van der Waals surface area contributed by atoms with E-state index in [-0.39, 0.29) is 0 Å². The van der Waals surface area contributed by atoms with Crippen LogP contribution in [0.3, 0.4) is 0 Å². The van der Waals surface area contributed by atoms with Crippen LogP contribution in [0.25, 0.3) is 0 Å². The number of benzene rings is 1. The molecule has 4 nitrogen and oxygen atoms in total. The van der Waals surface area contributed by atoms with Gasteiger partial charge in [-0.15, -0.1) is 0 Å². The van der Waals surface area contributed by atoms with Gasteiger partial charge in [-0.25, -0.2) is 4.98 Å². The summed E-state index contributed by atoms with van der Waals surface area (Å²) in [6.45, 7) is 4.17. The fourth-order valence-corrected chi connectivity index (χ4v) is 1.84. The summed E-state index contributed by atoms with van der Waals surface area (Å²) in [5.74, 6) is 0.671. The van der Waals surface area contributed by atoms with Gasteiger partial charge in [-0.1, -0.05) is 13.0 Å². The number of primary amides is 1. The summed E-state index contributed by atoms with van der Waals surface area (Å²) in [6, 6.07) is 9.15. The maximum Gasteiger partial charge on any atom is 0.250 e. The second-order valence-electron chi connectivity index (χ2n) is 4.29. The monoisotopic (exact) mass is 256 g/mol. The van der Waals surface area contributed by atoms with Crippen LogP contribution in [-0.2, 0) is 6.42 Å². The topological polar surface area (TPSA) is 65.2 Å². The van der Waals surface area contributed by atoms with Gasteiger partial charge in [0, 0.05) is 12.3 Å². The van der Waals surface area contributed by atoms with Crippen molar-refractivity contribution in [2.75, 3.05) is 0 Å². The van der Waals surface area contributed by atoms with E-state index in [1.165, 1.54) is 17.3 Å². The second-order valence-corrected chi connectivity index (χ2v) is 4.29. The van der Waals surface area contributed by atoms with Crippen molar-refractivity contribution >= 4 is 5.91 Å². The summed E-state index contributed by atoms with van der Waals surface area (Å²) >= 11 is 0. The lowest BCUT2D eigenvalue weighted by atomic mass is 10.1. The van der Waals surface area contributed by atoms with Crippen molar-refractivity contribution in [1.82, 2.24) is 4.98 Å². The number of nitrogens with two attached hydrogens (primary N) is 1. The van der Waals surface area contributed by atoms with Crippen LogP contribution in [0.1, 0.15) is 28.4 Å². The number of pyridine rings is 1. The van der Waals surface area contributed by atoms with Gasteiger partial charge in [0.05, 0.1) is 5.56 Å². The first-order valence-electron chi connectivity index (χ1n) is 6.13. The van der Waals surface area contributed by atoms with Crippen molar-refractivity contribution in [1.29, 1.82) is 0 Å². The summed E-state index contributed by atoms with van der Waals surface area (Å²) in [6.07, 6.45) is 2.41. The van der Waals surface area contributed by atoms with E-state index >= 15 is 0 Å². The molecule has 1 heterocycles. The first-order chi connectivity index (χ1) is 9.10. The van der Waals surface area contributed by atoms with Crippen molar-refractivity contribution in [2.45, 2.75) is 20.3 Å². The van der Waals surface area contributed by atoms with E-state index in [0.717, 1.165) is 12.2 Å². The summed E-state index contributed by atoms with van der Waals surface area (Å²) in [4.78, 5) is 15.0. The van der Waals surface area contributed by atoms with E-state index in [1.807, 2.05) is 18.2 Å². The van der Waals surface area contributed by atoms with Gasteiger partial charge >= 0.3 is 0 Å². The van der Waals surface area contributed by atoms with E-state index in [1.54, 1.807) is 12.1 Å². The van der Waals surface area contributed by atoms with Gasteiger partial charge in [0.2, 0.25) is 11.8 Å². The molecule has 4 heteroatoms. The first kappa shape index (κ1) is 13.1. The van der Waals surface area contributed by atoms with Gasteiger partial charge in [0.25, 0.3) is 0 Å². The number of carbonyl (C=O) groups is 1. The Balaban J connectivity index is 2.16. The average Bonchev–Trinajstić information content (AvgIpc) is 2.39. The van der Waals surface area contributed by atoms with Crippen LogP contribution in [0, 0.1) is 6.92 Å². The highest BCUT2D eigenvalue weighted by Crippen LogP contribution is 2.22. The van der Waals surface area contributed by atoms with Crippen LogP contribution in [0.4, 0.5) is 0 Å². The summed E-state index contributed by atoms with van der Waals surface area (Å²) in [5, 5.41) is 0. The molecule has 0 saturated carbocycles. The minimum atomic E-state index is -0.498. The van der Waals surface area contributed by atoms with Crippen molar-refractivity contribution in [3.63, 3.8) is 0 Å². The van der Waals surface area contributed by atoms with Gasteiger partial charge in [0.15, 0.2) is 0 Å². The van der Waals surface area contributed by atoms with Crippen molar-refractivity contribution in [2.24, 2.45) is 5.73 Å². The molecule has 2 N–H and O–H groups in total. The first-order valence-corrected chi connectivity index (χ1v) is 6.13. The number of aromatic nitrogens is 1. The molecule has 0 saturated heterocycles. The molecule has 0 spiro atoms. The van der Waals surface area contributed by atoms with E-state index in [9.17, 15) is 4.79 Å². The molecular weight excluding hydrogens is 240 g/mol. The average molecular weight is 256 g/mol. The predicted octanol–water partition coefficient (Wildman–Crippen LogP) is 2.84. The highest BCUT2D eigenvalue weighted by molar-refractivity contribution is 5.92. The smallest absolute Gasteiger partial charge is 0.250 e. The molecule has 0 atom stereocenters. The number of hydrogen-bond acceptors (Lipinski definition) is 3. The fourth-order valence-electron chi connectivity index (χ4n) is 1.84. The van der Waals surface area contributed by atoms with Crippen molar-refractivity contribution in [3.8, 4) is 11.6 Å². The third-order valence-corrected chi connectivity index (χ3v) is 2.94. The number of carbonyl (C=O) groups excluding carboxylic acids is 1. The number of amides is 1. The Morgan fingerprint density at radius 1 is 1.32 bits per heavy atom. The maximum atomic E-state index is 10.9.